The van der Waals surface area contributed by atoms with E-state index >= 15 is 0 Å². The van der Waals surface area contributed by atoms with Gasteiger partial charge in [0.15, 0.2) is 5.65 Å². The van der Waals surface area contributed by atoms with Gasteiger partial charge in [-0.3, -0.25) is 9.78 Å². The highest BCUT2D eigenvalue weighted by Gasteiger charge is 2.21. The average molecular weight is 439 g/mol. The van der Waals surface area contributed by atoms with Crippen molar-refractivity contribution in [2.24, 2.45) is 0 Å². The summed E-state index contributed by atoms with van der Waals surface area (Å²) in [6, 6.07) is 5.83. The zero-order valence-corrected chi connectivity index (χ0v) is 19.7. The Morgan fingerprint density at radius 3 is 2.66 bits per heavy atom. The summed E-state index contributed by atoms with van der Waals surface area (Å²) in [5.74, 6) is 0.639. The third-order valence-corrected chi connectivity index (χ3v) is 5.77. The number of ether oxygens (including phenoxy) is 1. The van der Waals surface area contributed by atoms with Gasteiger partial charge >= 0.3 is 0 Å². The van der Waals surface area contributed by atoms with Crippen molar-refractivity contribution < 1.29 is 9.53 Å². The number of likely N-dealkylation sites (N-methyl/N-ethyl adjacent to an activating group) is 1. The number of methoxy groups -OCH3 is 1. The van der Waals surface area contributed by atoms with Crippen LogP contribution in [0.3, 0.4) is 0 Å². The summed E-state index contributed by atoms with van der Waals surface area (Å²) in [5.41, 5.74) is 2.88. The molecule has 2 atom stereocenters. The van der Waals surface area contributed by atoms with Crippen molar-refractivity contribution in [2.75, 3.05) is 33.4 Å². The highest BCUT2D eigenvalue weighted by atomic mass is 16.5. The van der Waals surface area contributed by atoms with E-state index in [1.54, 1.807) is 19.5 Å². The summed E-state index contributed by atoms with van der Waals surface area (Å²) in [4.78, 5) is 29.0. The minimum atomic E-state index is -0.169. The molecule has 0 aliphatic heterocycles. The van der Waals surface area contributed by atoms with Gasteiger partial charge in [0, 0.05) is 43.9 Å². The molecule has 3 aromatic rings. The number of amides is 1. The molecule has 0 saturated carbocycles. The monoisotopic (exact) mass is 438 g/mol. The van der Waals surface area contributed by atoms with Crippen LogP contribution >= 0.6 is 0 Å². The quantitative estimate of drug-likeness (QED) is 0.493. The van der Waals surface area contributed by atoms with Crippen molar-refractivity contribution in [3.63, 3.8) is 0 Å². The van der Waals surface area contributed by atoms with Crippen molar-refractivity contribution in [1.29, 1.82) is 0 Å². The van der Waals surface area contributed by atoms with Crippen LogP contribution in [0.2, 0.25) is 0 Å². The van der Waals surface area contributed by atoms with Crippen molar-refractivity contribution in [3.05, 3.63) is 42.4 Å². The molecule has 8 nitrogen and oxygen atoms in total. The summed E-state index contributed by atoms with van der Waals surface area (Å²) in [6.07, 6.45) is 5.98. The number of nitrogens with one attached hydrogen (secondary N) is 1. The first-order valence-electron chi connectivity index (χ1n) is 11.3. The van der Waals surface area contributed by atoms with E-state index in [1.807, 2.05) is 31.3 Å². The topological polar surface area (TPSA) is 85.2 Å². The maximum atomic E-state index is 12.8. The van der Waals surface area contributed by atoms with E-state index in [2.05, 4.69) is 45.5 Å². The molecule has 2 unspecified atom stereocenters. The van der Waals surface area contributed by atoms with E-state index in [4.69, 9.17) is 9.72 Å². The molecule has 3 rings (SSSR count). The number of imidazole rings is 1. The first-order chi connectivity index (χ1) is 15.5. The summed E-state index contributed by atoms with van der Waals surface area (Å²) < 4.78 is 7.35. The number of carbonyl (C=O) groups excluding carboxylic acids is 1. The van der Waals surface area contributed by atoms with Crippen LogP contribution in [0.4, 0.5) is 0 Å². The van der Waals surface area contributed by atoms with Crippen molar-refractivity contribution in [1.82, 2.24) is 29.7 Å². The van der Waals surface area contributed by atoms with Gasteiger partial charge in [0.2, 0.25) is 0 Å². The zero-order valence-electron chi connectivity index (χ0n) is 19.7. The van der Waals surface area contributed by atoms with Crippen molar-refractivity contribution in [3.8, 4) is 11.4 Å². The molecule has 3 heterocycles. The molecule has 0 saturated heterocycles. The molecule has 0 aliphatic carbocycles. The van der Waals surface area contributed by atoms with E-state index in [9.17, 15) is 4.79 Å². The number of pyridine rings is 2. The molecule has 0 aliphatic rings. The lowest BCUT2D eigenvalue weighted by atomic mass is 10.2. The van der Waals surface area contributed by atoms with Crippen molar-refractivity contribution in [2.45, 2.75) is 46.2 Å². The van der Waals surface area contributed by atoms with Crippen LogP contribution in [-0.2, 0) is 4.74 Å². The smallest absolute Gasteiger partial charge is 0.253 e. The number of hydrogen-bond donors (Lipinski definition) is 1. The average Bonchev–Trinajstić information content (AvgIpc) is 3.21. The lowest BCUT2D eigenvalue weighted by molar-refractivity contribution is 0.0894. The fourth-order valence-electron chi connectivity index (χ4n) is 3.89. The maximum Gasteiger partial charge on any atom is 0.253 e. The fraction of sp³-hybridized carbons (Fsp3) is 0.500. The molecule has 32 heavy (non-hydrogen) atoms. The zero-order chi connectivity index (χ0) is 23.1. The fourth-order valence-corrected chi connectivity index (χ4v) is 3.89. The Labute approximate surface area is 190 Å². The van der Waals surface area contributed by atoms with E-state index < -0.39 is 0 Å². The van der Waals surface area contributed by atoms with E-state index in [-0.39, 0.29) is 18.0 Å². The van der Waals surface area contributed by atoms with Gasteiger partial charge < -0.3 is 19.5 Å². The molecule has 0 bridgehead atoms. The number of fused-ring (bicyclic) bond motifs is 1. The normalized spacial score (nSPS) is 13.4. The summed E-state index contributed by atoms with van der Waals surface area (Å²) >= 11 is 0. The standard InChI is InChI=1S/C24H34N6O2/c1-6-20(16-32-5)27-24(31)19-12-21-23(26-14-19)30(17(4)15-29(7-2)8-3)22(28-21)18-10-9-11-25-13-18/h9-14,17,20H,6-8,15-16H2,1-5H3,(H,27,31). The van der Waals surface area contributed by atoms with Crippen LogP contribution in [-0.4, -0.2) is 69.7 Å². The molecular formula is C24H34N6O2. The highest BCUT2D eigenvalue weighted by Crippen LogP contribution is 2.28. The second-order valence-electron chi connectivity index (χ2n) is 7.98. The summed E-state index contributed by atoms with van der Waals surface area (Å²) in [7, 11) is 1.63. The molecule has 8 heteroatoms. The Morgan fingerprint density at radius 2 is 2.03 bits per heavy atom. The number of nitrogens with zero attached hydrogens (tertiary/aromatic N) is 5. The third-order valence-electron chi connectivity index (χ3n) is 5.77. The molecular weight excluding hydrogens is 404 g/mol. The maximum absolute atomic E-state index is 12.8. The molecule has 0 aromatic carbocycles. The molecule has 0 radical (unpaired) electrons. The first-order valence-corrected chi connectivity index (χ1v) is 11.3. The first kappa shape index (κ1) is 23.8. The number of rotatable bonds is 11. The largest absolute Gasteiger partial charge is 0.383 e. The molecule has 0 fully saturated rings. The number of hydrogen-bond acceptors (Lipinski definition) is 6. The van der Waals surface area contributed by atoms with Crippen LogP contribution < -0.4 is 5.32 Å². The Bertz CT molecular complexity index is 1020. The Morgan fingerprint density at radius 1 is 1.25 bits per heavy atom. The van der Waals surface area contributed by atoms with E-state index in [1.165, 1.54) is 0 Å². The van der Waals surface area contributed by atoms with Crippen molar-refractivity contribution >= 4 is 17.1 Å². The lowest BCUT2D eigenvalue weighted by Gasteiger charge is -2.25. The van der Waals surface area contributed by atoms with Gasteiger partial charge in [-0.25, -0.2) is 9.97 Å². The van der Waals surface area contributed by atoms with Crippen LogP contribution in [0.1, 0.15) is 50.5 Å². The summed E-state index contributed by atoms with van der Waals surface area (Å²) in [6.45, 7) is 11.8. The van der Waals surface area contributed by atoms with Gasteiger partial charge in [0.1, 0.15) is 11.3 Å². The van der Waals surface area contributed by atoms with Crippen LogP contribution in [0.15, 0.2) is 36.8 Å². The van der Waals surface area contributed by atoms with E-state index in [0.717, 1.165) is 43.1 Å². The predicted molar refractivity (Wildman–Crippen MR) is 127 cm³/mol. The number of carbonyl (C=O) groups is 1. The van der Waals surface area contributed by atoms with Crippen LogP contribution in [0.5, 0.6) is 0 Å². The van der Waals surface area contributed by atoms with Gasteiger partial charge in [-0.05, 0) is 44.6 Å². The minimum absolute atomic E-state index is 0.0409. The second-order valence-corrected chi connectivity index (χ2v) is 7.98. The Kier molecular flexibility index (Phi) is 8.30. The van der Waals surface area contributed by atoms with Gasteiger partial charge in [-0.1, -0.05) is 20.8 Å². The summed E-state index contributed by atoms with van der Waals surface area (Å²) in [5, 5.41) is 3.01. The highest BCUT2D eigenvalue weighted by molar-refractivity contribution is 5.96. The van der Waals surface area contributed by atoms with Gasteiger partial charge in [-0.15, -0.1) is 0 Å². The van der Waals surface area contributed by atoms with Gasteiger partial charge in [0.25, 0.3) is 5.91 Å². The van der Waals surface area contributed by atoms with Crippen LogP contribution in [0, 0.1) is 0 Å². The Hall–Kier alpha value is -2.84. The molecule has 0 spiro atoms. The molecule has 3 aromatic heterocycles. The Balaban J connectivity index is 2.02. The van der Waals surface area contributed by atoms with Gasteiger partial charge in [0.05, 0.1) is 18.2 Å². The molecule has 1 N–H and O–H groups in total. The SMILES string of the molecule is CCC(COC)NC(=O)c1cnc2c(c1)nc(-c1cccnc1)n2C(C)CN(CC)CC. The van der Waals surface area contributed by atoms with Gasteiger partial charge in [-0.2, -0.15) is 0 Å². The second kappa shape index (κ2) is 11.2. The van der Waals surface area contributed by atoms with Crippen LogP contribution in [0.25, 0.3) is 22.6 Å². The predicted octanol–water partition coefficient (Wildman–Crippen LogP) is 3.55. The van der Waals surface area contributed by atoms with E-state index in [0.29, 0.717) is 17.7 Å². The molecule has 1 amide bonds. The molecule has 172 valence electrons. The number of aromatic nitrogens is 4. The minimum Gasteiger partial charge on any atom is -0.383 e. The third kappa shape index (κ3) is 5.31. The lowest BCUT2D eigenvalue weighted by Crippen LogP contribution is -2.37.